The van der Waals surface area contributed by atoms with Crippen LogP contribution in [0.3, 0.4) is 0 Å². The van der Waals surface area contributed by atoms with Crippen LogP contribution in [-0.2, 0) is 5.60 Å². The second-order valence-corrected chi connectivity index (χ2v) is 5.56. The van der Waals surface area contributed by atoms with Crippen LogP contribution < -0.4 is 0 Å². The summed E-state index contributed by atoms with van der Waals surface area (Å²) < 4.78 is 5.07. The van der Waals surface area contributed by atoms with Gasteiger partial charge in [0.25, 0.3) is 0 Å². The van der Waals surface area contributed by atoms with E-state index in [4.69, 9.17) is 4.42 Å². The van der Waals surface area contributed by atoms with Gasteiger partial charge < -0.3 is 9.52 Å². The van der Waals surface area contributed by atoms with Gasteiger partial charge in [0.2, 0.25) is 0 Å². The third kappa shape index (κ3) is 2.25. The molecule has 1 heterocycles. The first kappa shape index (κ1) is 10.7. The number of hydrogen-bond acceptors (Lipinski definition) is 2. The SMILES string of the molecule is CC1(C)CCCC(O)(c2ccoc2)CC1. The Labute approximate surface area is 91.3 Å². The van der Waals surface area contributed by atoms with Crippen molar-refractivity contribution >= 4 is 0 Å². The van der Waals surface area contributed by atoms with Crippen molar-refractivity contribution in [2.45, 2.75) is 51.6 Å². The highest BCUT2D eigenvalue weighted by Gasteiger charge is 2.35. The lowest BCUT2D eigenvalue weighted by atomic mass is 9.83. The topological polar surface area (TPSA) is 33.4 Å². The minimum Gasteiger partial charge on any atom is -0.472 e. The monoisotopic (exact) mass is 208 g/mol. The molecule has 1 atom stereocenters. The fraction of sp³-hybridized carbons (Fsp3) is 0.692. The lowest BCUT2D eigenvalue weighted by Gasteiger charge is -2.26. The largest absolute Gasteiger partial charge is 0.472 e. The summed E-state index contributed by atoms with van der Waals surface area (Å²) in [6, 6.07) is 1.89. The second kappa shape index (κ2) is 3.67. The van der Waals surface area contributed by atoms with Crippen LogP contribution >= 0.6 is 0 Å². The highest BCUT2D eigenvalue weighted by Crippen LogP contribution is 2.42. The van der Waals surface area contributed by atoms with E-state index in [1.807, 2.05) is 6.07 Å². The summed E-state index contributed by atoms with van der Waals surface area (Å²) in [5.41, 5.74) is 0.662. The molecule has 1 aromatic rings. The summed E-state index contributed by atoms with van der Waals surface area (Å²) in [6.07, 6.45) is 8.40. The molecule has 1 aliphatic rings. The van der Waals surface area contributed by atoms with E-state index in [-0.39, 0.29) is 0 Å². The highest BCUT2D eigenvalue weighted by atomic mass is 16.3. The normalized spacial score (nSPS) is 31.1. The third-order valence-electron chi connectivity index (χ3n) is 3.72. The Morgan fingerprint density at radius 2 is 2.00 bits per heavy atom. The van der Waals surface area contributed by atoms with Gasteiger partial charge in [-0.15, -0.1) is 0 Å². The number of hydrogen-bond donors (Lipinski definition) is 1. The molecule has 2 rings (SSSR count). The highest BCUT2D eigenvalue weighted by molar-refractivity contribution is 5.16. The van der Waals surface area contributed by atoms with Crippen LogP contribution in [0.1, 0.15) is 51.5 Å². The minimum atomic E-state index is -0.652. The van der Waals surface area contributed by atoms with Gasteiger partial charge in [0.1, 0.15) is 0 Å². The van der Waals surface area contributed by atoms with Gasteiger partial charge >= 0.3 is 0 Å². The smallest absolute Gasteiger partial charge is 0.0963 e. The van der Waals surface area contributed by atoms with Crippen molar-refractivity contribution in [1.82, 2.24) is 0 Å². The van der Waals surface area contributed by atoms with Crippen molar-refractivity contribution in [1.29, 1.82) is 0 Å². The molecular weight excluding hydrogens is 188 g/mol. The summed E-state index contributed by atoms with van der Waals surface area (Å²) in [5.74, 6) is 0. The standard InChI is InChI=1S/C13H20O2/c1-12(2)5-3-6-13(14,8-7-12)11-4-9-15-10-11/h4,9-10,14H,3,5-8H2,1-2H3. The average molecular weight is 208 g/mol. The first-order chi connectivity index (χ1) is 7.02. The summed E-state index contributed by atoms with van der Waals surface area (Å²) in [6.45, 7) is 4.57. The third-order valence-corrected chi connectivity index (χ3v) is 3.72. The molecule has 0 aliphatic heterocycles. The van der Waals surface area contributed by atoms with Crippen LogP contribution in [0.5, 0.6) is 0 Å². The number of furan rings is 1. The molecule has 0 saturated heterocycles. The van der Waals surface area contributed by atoms with Crippen molar-refractivity contribution < 1.29 is 9.52 Å². The van der Waals surface area contributed by atoms with E-state index in [0.717, 1.165) is 31.2 Å². The van der Waals surface area contributed by atoms with Gasteiger partial charge in [0.15, 0.2) is 0 Å². The lowest BCUT2D eigenvalue weighted by molar-refractivity contribution is 0.0175. The zero-order valence-electron chi connectivity index (χ0n) is 9.62. The van der Waals surface area contributed by atoms with Crippen molar-refractivity contribution in [3.05, 3.63) is 24.2 Å². The van der Waals surface area contributed by atoms with Gasteiger partial charge in [-0.05, 0) is 43.6 Å². The van der Waals surface area contributed by atoms with Gasteiger partial charge in [-0.1, -0.05) is 13.8 Å². The molecule has 84 valence electrons. The summed E-state index contributed by atoms with van der Waals surface area (Å²) in [7, 11) is 0. The van der Waals surface area contributed by atoms with E-state index in [0.29, 0.717) is 5.41 Å². The molecule has 0 amide bonds. The number of rotatable bonds is 1. The molecule has 0 spiro atoms. The molecule has 0 radical (unpaired) electrons. The maximum atomic E-state index is 10.6. The Kier molecular flexibility index (Phi) is 2.63. The lowest BCUT2D eigenvalue weighted by Crippen LogP contribution is -2.24. The maximum Gasteiger partial charge on any atom is 0.0963 e. The Morgan fingerprint density at radius 1 is 1.20 bits per heavy atom. The quantitative estimate of drug-likeness (QED) is 0.717. The summed E-state index contributed by atoms with van der Waals surface area (Å²) in [4.78, 5) is 0. The summed E-state index contributed by atoms with van der Waals surface area (Å²) in [5, 5.41) is 10.6. The van der Waals surface area contributed by atoms with E-state index >= 15 is 0 Å². The van der Waals surface area contributed by atoms with Crippen LogP contribution in [0.4, 0.5) is 0 Å². The fourth-order valence-corrected chi connectivity index (χ4v) is 2.47. The Hall–Kier alpha value is -0.760. The molecule has 15 heavy (non-hydrogen) atoms. The van der Waals surface area contributed by atoms with E-state index < -0.39 is 5.60 Å². The zero-order valence-corrected chi connectivity index (χ0v) is 9.62. The molecule has 2 heteroatoms. The van der Waals surface area contributed by atoms with Crippen LogP contribution in [0.15, 0.2) is 23.0 Å². The molecule has 1 aromatic heterocycles. The van der Waals surface area contributed by atoms with Crippen LogP contribution in [0.25, 0.3) is 0 Å². The van der Waals surface area contributed by atoms with Gasteiger partial charge in [-0.25, -0.2) is 0 Å². The molecule has 1 saturated carbocycles. The molecule has 1 fully saturated rings. The molecule has 2 nitrogen and oxygen atoms in total. The molecule has 1 aliphatic carbocycles. The van der Waals surface area contributed by atoms with Crippen molar-refractivity contribution in [2.24, 2.45) is 5.41 Å². The minimum absolute atomic E-state index is 0.369. The average Bonchev–Trinajstić information content (AvgIpc) is 2.64. The molecule has 1 unspecified atom stereocenters. The Morgan fingerprint density at radius 3 is 2.67 bits per heavy atom. The summed E-state index contributed by atoms with van der Waals surface area (Å²) >= 11 is 0. The van der Waals surface area contributed by atoms with Crippen LogP contribution in [0.2, 0.25) is 0 Å². The van der Waals surface area contributed by atoms with Gasteiger partial charge in [0, 0.05) is 5.56 Å². The van der Waals surface area contributed by atoms with Gasteiger partial charge in [-0.3, -0.25) is 0 Å². The molecule has 0 aromatic carbocycles. The van der Waals surface area contributed by atoms with Crippen molar-refractivity contribution in [2.75, 3.05) is 0 Å². The van der Waals surface area contributed by atoms with E-state index in [1.54, 1.807) is 12.5 Å². The molecular formula is C13H20O2. The molecule has 0 bridgehead atoms. The maximum absolute atomic E-state index is 10.6. The predicted octanol–water partition coefficient (Wildman–Crippen LogP) is 3.46. The predicted molar refractivity (Wildman–Crippen MR) is 59.5 cm³/mol. The van der Waals surface area contributed by atoms with Gasteiger partial charge in [-0.2, -0.15) is 0 Å². The second-order valence-electron chi connectivity index (χ2n) is 5.56. The first-order valence-corrected chi connectivity index (χ1v) is 5.77. The van der Waals surface area contributed by atoms with Crippen LogP contribution in [-0.4, -0.2) is 5.11 Å². The molecule has 1 N–H and O–H groups in total. The first-order valence-electron chi connectivity index (χ1n) is 5.77. The van der Waals surface area contributed by atoms with E-state index in [2.05, 4.69) is 13.8 Å². The fourth-order valence-electron chi connectivity index (χ4n) is 2.47. The van der Waals surface area contributed by atoms with Crippen molar-refractivity contribution in [3.63, 3.8) is 0 Å². The van der Waals surface area contributed by atoms with Crippen LogP contribution in [0, 0.1) is 5.41 Å². The Balaban J connectivity index is 2.17. The Bertz CT molecular complexity index is 313. The zero-order chi connectivity index (χ0) is 10.9. The van der Waals surface area contributed by atoms with Crippen molar-refractivity contribution in [3.8, 4) is 0 Å². The van der Waals surface area contributed by atoms with E-state index in [9.17, 15) is 5.11 Å². The number of aliphatic hydroxyl groups is 1. The van der Waals surface area contributed by atoms with E-state index in [1.165, 1.54) is 6.42 Å². The van der Waals surface area contributed by atoms with Gasteiger partial charge in [0.05, 0.1) is 18.1 Å².